The summed E-state index contributed by atoms with van der Waals surface area (Å²) in [6.45, 7) is 4.57. The molecule has 0 aliphatic carbocycles. The van der Waals surface area contributed by atoms with Crippen LogP contribution in [0.15, 0.2) is 21.2 Å². The molecule has 5 nitrogen and oxygen atoms in total. The van der Waals surface area contributed by atoms with Crippen molar-refractivity contribution in [2.45, 2.75) is 18.9 Å². The quantitative estimate of drug-likeness (QED) is 0.921. The molecule has 1 aliphatic heterocycles. The van der Waals surface area contributed by atoms with Crippen LogP contribution in [0.1, 0.15) is 19.1 Å². The van der Waals surface area contributed by atoms with Gasteiger partial charge in [-0.15, -0.1) is 0 Å². The van der Waals surface area contributed by atoms with Crippen LogP contribution in [0.5, 0.6) is 0 Å². The molecule has 1 aromatic heterocycles. The number of hydrogen-bond acceptors (Lipinski definition) is 4. The first-order chi connectivity index (χ1) is 8.52. The van der Waals surface area contributed by atoms with Gasteiger partial charge < -0.3 is 14.3 Å². The van der Waals surface area contributed by atoms with Crippen molar-refractivity contribution in [3.05, 3.63) is 22.6 Å². The standard InChI is InChI=1S/C12H16BrNO4/c1-12(8-11(15)16,9-2-3-10(13)18-9)14-4-6-17-7-5-14/h2-3H,4-8H2,1H3,(H,15,16). The van der Waals surface area contributed by atoms with Crippen LogP contribution in [0, 0.1) is 0 Å². The highest BCUT2D eigenvalue weighted by Crippen LogP contribution is 2.34. The maximum absolute atomic E-state index is 11.1. The van der Waals surface area contributed by atoms with Crippen LogP contribution in [-0.4, -0.2) is 42.3 Å². The van der Waals surface area contributed by atoms with E-state index in [2.05, 4.69) is 20.8 Å². The summed E-state index contributed by atoms with van der Waals surface area (Å²) in [5, 5.41) is 9.14. The second-order valence-electron chi connectivity index (χ2n) is 4.55. The van der Waals surface area contributed by atoms with Gasteiger partial charge in [-0.1, -0.05) is 0 Å². The Bertz CT molecular complexity index is 427. The third kappa shape index (κ3) is 2.76. The molecule has 1 unspecified atom stereocenters. The zero-order valence-corrected chi connectivity index (χ0v) is 11.8. The molecule has 1 saturated heterocycles. The van der Waals surface area contributed by atoms with E-state index in [0.717, 1.165) is 0 Å². The highest BCUT2D eigenvalue weighted by atomic mass is 79.9. The van der Waals surface area contributed by atoms with Crippen molar-refractivity contribution in [3.63, 3.8) is 0 Å². The van der Waals surface area contributed by atoms with Crippen LogP contribution in [-0.2, 0) is 15.1 Å². The molecule has 0 amide bonds. The molecule has 100 valence electrons. The number of halogens is 1. The lowest BCUT2D eigenvalue weighted by Crippen LogP contribution is -2.50. The van der Waals surface area contributed by atoms with Crippen LogP contribution < -0.4 is 0 Å². The second-order valence-corrected chi connectivity index (χ2v) is 5.33. The number of morpholine rings is 1. The summed E-state index contributed by atoms with van der Waals surface area (Å²) in [5.74, 6) is -0.171. The molecule has 1 N–H and O–H groups in total. The molecule has 0 spiro atoms. The van der Waals surface area contributed by atoms with E-state index in [1.54, 1.807) is 6.07 Å². The number of nitrogens with zero attached hydrogens (tertiary/aromatic N) is 1. The molecule has 0 saturated carbocycles. The zero-order chi connectivity index (χ0) is 13.2. The fourth-order valence-electron chi connectivity index (χ4n) is 2.31. The molecule has 0 radical (unpaired) electrons. The Balaban J connectivity index is 2.29. The SMILES string of the molecule is CC(CC(=O)O)(c1ccc(Br)o1)N1CCOCC1. The minimum atomic E-state index is -0.837. The predicted octanol–water partition coefficient (Wildman–Crippen LogP) is 2.06. The van der Waals surface area contributed by atoms with E-state index in [9.17, 15) is 4.79 Å². The van der Waals surface area contributed by atoms with Gasteiger partial charge in [-0.25, -0.2) is 0 Å². The topological polar surface area (TPSA) is 62.9 Å². The summed E-state index contributed by atoms with van der Waals surface area (Å²) in [5.41, 5.74) is -0.637. The van der Waals surface area contributed by atoms with Crippen LogP contribution >= 0.6 is 15.9 Å². The molecule has 1 aliphatic rings. The van der Waals surface area contributed by atoms with Gasteiger partial charge in [0.15, 0.2) is 4.67 Å². The summed E-state index contributed by atoms with van der Waals surface area (Å²) in [6, 6.07) is 3.61. The molecule has 2 rings (SSSR count). The Morgan fingerprint density at radius 2 is 2.17 bits per heavy atom. The lowest BCUT2D eigenvalue weighted by atomic mass is 9.91. The summed E-state index contributed by atoms with van der Waals surface area (Å²) >= 11 is 3.26. The van der Waals surface area contributed by atoms with E-state index in [1.165, 1.54) is 0 Å². The Labute approximate surface area is 114 Å². The summed E-state index contributed by atoms with van der Waals surface area (Å²) < 4.78 is 11.5. The van der Waals surface area contributed by atoms with Gasteiger partial charge in [0, 0.05) is 13.1 Å². The van der Waals surface area contributed by atoms with E-state index in [4.69, 9.17) is 14.3 Å². The zero-order valence-electron chi connectivity index (χ0n) is 10.2. The molecule has 2 heterocycles. The molecular weight excluding hydrogens is 302 g/mol. The Kier molecular flexibility index (Phi) is 4.09. The van der Waals surface area contributed by atoms with E-state index < -0.39 is 11.5 Å². The van der Waals surface area contributed by atoms with Crippen molar-refractivity contribution in [3.8, 4) is 0 Å². The maximum Gasteiger partial charge on any atom is 0.305 e. The van der Waals surface area contributed by atoms with Gasteiger partial charge in [0.05, 0.1) is 25.2 Å². The van der Waals surface area contributed by atoms with Gasteiger partial charge in [-0.3, -0.25) is 9.69 Å². The minimum Gasteiger partial charge on any atom is -0.481 e. The van der Waals surface area contributed by atoms with Crippen LogP contribution in [0.3, 0.4) is 0 Å². The van der Waals surface area contributed by atoms with Crippen molar-refractivity contribution >= 4 is 21.9 Å². The van der Waals surface area contributed by atoms with Crippen LogP contribution in [0.25, 0.3) is 0 Å². The van der Waals surface area contributed by atoms with Crippen molar-refractivity contribution in [2.24, 2.45) is 0 Å². The van der Waals surface area contributed by atoms with Crippen LogP contribution in [0.4, 0.5) is 0 Å². The Hall–Kier alpha value is -0.850. The van der Waals surface area contributed by atoms with E-state index in [0.29, 0.717) is 36.7 Å². The number of rotatable bonds is 4. The average Bonchev–Trinajstić information content (AvgIpc) is 2.77. The number of furan rings is 1. The highest BCUT2D eigenvalue weighted by molar-refractivity contribution is 9.10. The first kappa shape index (κ1) is 13.6. The molecule has 6 heteroatoms. The number of hydrogen-bond donors (Lipinski definition) is 1. The lowest BCUT2D eigenvalue weighted by molar-refractivity contribution is -0.142. The van der Waals surface area contributed by atoms with Crippen molar-refractivity contribution < 1.29 is 19.1 Å². The third-order valence-electron chi connectivity index (χ3n) is 3.31. The predicted molar refractivity (Wildman–Crippen MR) is 68.4 cm³/mol. The number of aliphatic carboxylic acids is 1. The minimum absolute atomic E-state index is 0.00690. The van der Waals surface area contributed by atoms with Gasteiger partial charge in [-0.05, 0) is 35.0 Å². The molecule has 18 heavy (non-hydrogen) atoms. The second kappa shape index (κ2) is 5.42. The molecule has 0 aromatic carbocycles. The van der Waals surface area contributed by atoms with Gasteiger partial charge in [0.2, 0.25) is 0 Å². The number of carboxylic acid groups (broad SMARTS) is 1. The van der Waals surface area contributed by atoms with Crippen LogP contribution in [0.2, 0.25) is 0 Å². The van der Waals surface area contributed by atoms with Gasteiger partial charge in [0.1, 0.15) is 5.76 Å². The average molecular weight is 318 g/mol. The molecule has 0 bridgehead atoms. The Morgan fingerprint density at radius 1 is 1.50 bits per heavy atom. The van der Waals surface area contributed by atoms with E-state index >= 15 is 0 Å². The van der Waals surface area contributed by atoms with E-state index in [-0.39, 0.29) is 6.42 Å². The van der Waals surface area contributed by atoms with Gasteiger partial charge in [-0.2, -0.15) is 0 Å². The Morgan fingerprint density at radius 3 is 2.67 bits per heavy atom. The number of carboxylic acids is 1. The highest BCUT2D eigenvalue weighted by Gasteiger charge is 2.39. The van der Waals surface area contributed by atoms with Crippen molar-refractivity contribution in [2.75, 3.05) is 26.3 Å². The molecule has 1 fully saturated rings. The van der Waals surface area contributed by atoms with Gasteiger partial charge >= 0.3 is 5.97 Å². The fraction of sp³-hybridized carbons (Fsp3) is 0.583. The van der Waals surface area contributed by atoms with Gasteiger partial charge in [0.25, 0.3) is 0 Å². The van der Waals surface area contributed by atoms with E-state index in [1.807, 2.05) is 13.0 Å². The van der Waals surface area contributed by atoms with Crippen molar-refractivity contribution in [1.29, 1.82) is 0 Å². The normalized spacial score (nSPS) is 20.6. The first-order valence-electron chi connectivity index (χ1n) is 5.83. The third-order valence-corrected chi connectivity index (χ3v) is 3.73. The molecular formula is C12H16BrNO4. The number of ether oxygens (including phenoxy) is 1. The first-order valence-corrected chi connectivity index (χ1v) is 6.62. The smallest absolute Gasteiger partial charge is 0.305 e. The number of carbonyl (C=O) groups is 1. The summed E-state index contributed by atoms with van der Waals surface area (Å²) in [4.78, 5) is 13.2. The summed E-state index contributed by atoms with van der Waals surface area (Å²) in [6.07, 6.45) is 0.00690. The fourth-order valence-corrected chi connectivity index (χ4v) is 2.62. The molecule has 1 atom stereocenters. The lowest BCUT2D eigenvalue weighted by Gasteiger charge is -2.41. The maximum atomic E-state index is 11.1. The monoisotopic (exact) mass is 317 g/mol. The largest absolute Gasteiger partial charge is 0.481 e. The summed E-state index contributed by atoms with van der Waals surface area (Å²) in [7, 11) is 0. The van der Waals surface area contributed by atoms with Crippen molar-refractivity contribution in [1.82, 2.24) is 4.90 Å². The molecule has 1 aromatic rings.